The van der Waals surface area contributed by atoms with Crippen LogP contribution in [-0.2, 0) is 6.42 Å². The molecule has 0 saturated carbocycles. The van der Waals surface area contributed by atoms with E-state index in [2.05, 4.69) is 17.9 Å². The molecule has 1 aromatic rings. The maximum Gasteiger partial charge on any atom is 0.163 e. The lowest BCUT2D eigenvalue weighted by molar-refractivity contribution is 0.0268. The second-order valence-electron chi connectivity index (χ2n) is 6.00. The molecule has 1 aliphatic heterocycles. The highest BCUT2D eigenvalue weighted by atomic mass is 16.5. The molecule has 4 nitrogen and oxygen atoms in total. The summed E-state index contributed by atoms with van der Waals surface area (Å²) >= 11 is 0. The van der Waals surface area contributed by atoms with Crippen molar-refractivity contribution in [3.8, 4) is 11.5 Å². The van der Waals surface area contributed by atoms with E-state index in [1.165, 1.54) is 0 Å². The van der Waals surface area contributed by atoms with Crippen molar-refractivity contribution < 1.29 is 14.6 Å². The summed E-state index contributed by atoms with van der Waals surface area (Å²) in [6.07, 6.45) is 2.61. The van der Waals surface area contributed by atoms with Crippen LogP contribution in [0.2, 0.25) is 0 Å². The number of rotatable bonds is 7. The van der Waals surface area contributed by atoms with Crippen LogP contribution >= 0.6 is 0 Å². The Morgan fingerprint density at radius 2 is 2.14 bits per heavy atom. The van der Waals surface area contributed by atoms with Crippen molar-refractivity contribution >= 4 is 0 Å². The third-order valence-corrected chi connectivity index (χ3v) is 4.36. The van der Waals surface area contributed by atoms with Crippen LogP contribution in [-0.4, -0.2) is 49.5 Å². The van der Waals surface area contributed by atoms with Gasteiger partial charge in [-0.15, -0.1) is 0 Å². The topological polar surface area (TPSA) is 41.9 Å². The Kier molecular flexibility index (Phi) is 6.52. The zero-order chi connectivity index (χ0) is 15.9. The van der Waals surface area contributed by atoms with Crippen LogP contribution < -0.4 is 9.47 Å². The second kappa shape index (κ2) is 8.39. The van der Waals surface area contributed by atoms with E-state index in [1.54, 1.807) is 7.11 Å². The summed E-state index contributed by atoms with van der Waals surface area (Å²) in [7, 11) is 1.68. The molecular formula is C18H29NO3. The van der Waals surface area contributed by atoms with E-state index in [0.29, 0.717) is 6.61 Å². The summed E-state index contributed by atoms with van der Waals surface area (Å²) in [5, 5.41) is 10.4. The van der Waals surface area contributed by atoms with Crippen LogP contribution in [0.15, 0.2) is 18.2 Å². The molecule has 2 rings (SSSR count). The van der Waals surface area contributed by atoms with E-state index in [0.717, 1.165) is 56.0 Å². The van der Waals surface area contributed by atoms with Crippen molar-refractivity contribution in [2.45, 2.75) is 39.2 Å². The zero-order valence-electron chi connectivity index (χ0n) is 14.0. The van der Waals surface area contributed by atoms with Gasteiger partial charge in [0.1, 0.15) is 0 Å². The Hall–Kier alpha value is -1.26. The number of benzene rings is 1. The highest BCUT2D eigenvalue weighted by Crippen LogP contribution is 2.34. The fourth-order valence-corrected chi connectivity index (χ4v) is 3.32. The van der Waals surface area contributed by atoms with Crippen molar-refractivity contribution in [3.63, 3.8) is 0 Å². The van der Waals surface area contributed by atoms with Crippen LogP contribution in [0.4, 0.5) is 0 Å². The first-order valence-corrected chi connectivity index (χ1v) is 8.38. The molecule has 124 valence electrons. The lowest BCUT2D eigenvalue weighted by Gasteiger charge is -2.36. The summed E-state index contributed by atoms with van der Waals surface area (Å²) in [6.45, 7) is 7.86. The van der Waals surface area contributed by atoms with Crippen molar-refractivity contribution in [1.29, 1.82) is 0 Å². The van der Waals surface area contributed by atoms with Gasteiger partial charge in [0.2, 0.25) is 0 Å². The average Bonchev–Trinajstić information content (AvgIpc) is 2.51. The molecule has 1 aliphatic rings. The standard InChI is InChI=1S/C18H29NO3/c1-4-10-19-11-9-16(20)15(13-19)12-14-7-6-8-17(22-5-2)18(14)21-3/h6-8,15-16,20H,4-5,9-13H2,1-3H3. The number of aliphatic hydroxyl groups is 1. The van der Waals surface area contributed by atoms with Crippen LogP contribution in [0.3, 0.4) is 0 Å². The Bertz CT molecular complexity index is 464. The zero-order valence-corrected chi connectivity index (χ0v) is 14.0. The number of ether oxygens (including phenoxy) is 2. The van der Waals surface area contributed by atoms with Gasteiger partial charge in [-0.3, -0.25) is 0 Å². The number of para-hydroxylation sites is 1. The lowest BCUT2D eigenvalue weighted by atomic mass is 9.88. The summed E-state index contributed by atoms with van der Waals surface area (Å²) in [5.74, 6) is 1.86. The lowest BCUT2D eigenvalue weighted by Crippen LogP contribution is -2.44. The normalized spacial score (nSPS) is 22.5. The Morgan fingerprint density at radius 1 is 1.32 bits per heavy atom. The SMILES string of the molecule is CCCN1CCC(O)C(Cc2cccc(OCC)c2OC)C1. The molecule has 22 heavy (non-hydrogen) atoms. The van der Waals surface area contributed by atoms with Gasteiger partial charge in [0.15, 0.2) is 11.5 Å². The molecule has 0 aromatic heterocycles. The van der Waals surface area contributed by atoms with Gasteiger partial charge < -0.3 is 19.5 Å². The van der Waals surface area contributed by atoms with E-state index in [9.17, 15) is 5.11 Å². The number of piperidine rings is 1. The highest BCUT2D eigenvalue weighted by Gasteiger charge is 2.28. The van der Waals surface area contributed by atoms with E-state index >= 15 is 0 Å². The summed E-state index contributed by atoms with van der Waals surface area (Å²) in [6, 6.07) is 6.02. The molecule has 0 spiro atoms. The highest BCUT2D eigenvalue weighted by molar-refractivity contribution is 5.46. The maximum atomic E-state index is 10.4. The fraction of sp³-hybridized carbons (Fsp3) is 0.667. The summed E-state index contributed by atoms with van der Waals surface area (Å²) in [5.41, 5.74) is 1.12. The maximum absolute atomic E-state index is 10.4. The van der Waals surface area contributed by atoms with Crippen LogP contribution in [0.25, 0.3) is 0 Å². The molecular weight excluding hydrogens is 278 g/mol. The monoisotopic (exact) mass is 307 g/mol. The van der Waals surface area contributed by atoms with E-state index in [4.69, 9.17) is 9.47 Å². The number of hydrogen-bond acceptors (Lipinski definition) is 4. The van der Waals surface area contributed by atoms with Gasteiger partial charge in [-0.05, 0) is 44.4 Å². The molecule has 4 heteroatoms. The molecule has 1 fully saturated rings. The Balaban J connectivity index is 2.12. The molecule has 2 atom stereocenters. The molecule has 2 unspecified atom stereocenters. The number of hydrogen-bond donors (Lipinski definition) is 1. The number of nitrogens with zero attached hydrogens (tertiary/aromatic N) is 1. The molecule has 1 aromatic carbocycles. The fourth-order valence-electron chi connectivity index (χ4n) is 3.32. The van der Waals surface area contributed by atoms with Crippen LogP contribution in [0.1, 0.15) is 32.3 Å². The molecule has 0 aliphatic carbocycles. The van der Waals surface area contributed by atoms with E-state index in [1.807, 2.05) is 19.1 Å². The summed E-state index contributed by atoms with van der Waals surface area (Å²) in [4.78, 5) is 2.45. The van der Waals surface area contributed by atoms with Gasteiger partial charge in [-0.25, -0.2) is 0 Å². The molecule has 1 N–H and O–H groups in total. The van der Waals surface area contributed by atoms with E-state index in [-0.39, 0.29) is 12.0 Å². The predicted octanol–water partition coefficient (Wildman–Crippen LogP) is 2.73. The first-order chi connectivity index (χ1) is 10.7. The van der Waals surface area contributed by atoms with Crippen LogP contribution in [0, 0.1) is 5.92 Å². The first kappa shape index (κ1) is 17.1. The van der Waals surface area contributed by atoms with Crippen LogP contribution in [0.5, 0.6) is 11.5 Å². The molecule has 0 amide bonds. The minimum atomic E-state index is -0.228. The van der Waals surface area contributed by atoms with Crippen molar-refractivity contribution in [2.24, 2.45) is 5.92 Å². The van der Waals surface area contributed by atoms with Crippen molar-refractivity contribution in [2.75, 3.05) is 33.4 Å². The number of methoxy groups -OCH3 is 1. The largest absolute Gasteiger partial charge is 0.493 e. The van der Waals surface area contributed by atoms with Gasteiger partial charge in [0, 0.05) is 19.0 Å². The third kappa shape index (κ3) is 4.14. The Labute approximate surface area is 134 Å². The smallest absolute Gasteiger partial charge is 0.163 e. The van der Waals surface area contributed by atoms with Gasteiger partial charge >= 0.3 is 0 Å². The minimum absolute atomic E-state index is 0.228. The quantitative estimate of drug-likeness (QED) is 0.841. The van der Waals surface area contributed by atoms with Crippen molar-refractivity contribution in [3.05, 3.63) is 23.8 Å². The molecule has 1 heterocycles. The average molecular weight is 307 g/mol. The molecule has 0 bridgehead atoms. The second-order valence-corrected chi connectivity index (χ2v) is 6.00. The Morgan fingerprint density at radius 3 is 2.82 bits per heavy atom. The van der Waals surface area contributed by atoms with Crippen molar-refractivity contribution in [1.82, 2.24) is 4.90 Å². The van der Waals surface area contributed by atoms with E-state index < -0.39 is 0 Å². The number of likely N-dealkylation sites (tertiary alicyclic amines) is 1. The minimum Gasteiger partial charge on any atom is -0.493 e. The van der Waals surface area contributed by atoms with Gasteiger partial charge in [0.05, 0.1) is 19.8 Å². The molecule has 0 radical (unpaired) electrons. The number of aliphatic hydroxyl groups excluding tert-OH is 1. The third-order valence-electron chi connectivity index (χ3n) is 4.36. The van der Waals surface area contributed by atoms with Gasteiger partial charge in [-0.2, -0.15) is 0 Å². The summed E-state index contributed by atoms with van der Waals surface area (Å²) < 4.78 is 11.2. The van der Waals surface area contributed by atoms with Gasteiger partial charge in [0.25, 0.3) is 0 Å². The first-order valence-electron chi connectivity index (χ1n) is 8.38. The predicted molar refractivity (Wildman–Crippen MR) is 88.7 cm³/mol. The molecule has 1 saturated heterocycles. The van der Waals surface area contributed by atoms with Gasteiger partial charge in [-0.1, -0.05) is 19.1 Å².